The van der Waals surface area contributed by atoms with E-state index >= 15 is 0 Å². The van der Waals surface area contributed by atoms with E-state index in [-0.39, 0.29) is 38.2 Å². The van der Waals surface area contributed by atoms with Crippen molar-refractivity contribution in [3.8, 4) is 5.75 Å². The minimum atomic E-state index is -1.21. The van der Waals surface area contributed by atoms with Crippen molar-refractivity contribution in [2.45, 2.75) is 18.7 Å². The second-order valence-electron chi connectivity index (χ2n) is 7.76. The maximum Gasteiger partial charge on any atom is 0.404 e. The van der Waals surface area contributed by atoms with Crippen LogP contribution in [0.5, 0.6) is 5.75 Å². The van der Waals surface area contributed by atoms with Gasteiger partial charge in [0.25, 0.3) is 5.91 Å². The monoisotopic (exact) mass is 456 g/mol. The van der Waals surface area contributed by atoms with Crippen molar-refractivity contribution >= 4 is 29.6 Å². The number of anilines is 2. The van der Waals surface area contributed by atoms with Crippen LogP contribution < -0.4 is 20.3 Å². The topological polar surface area (TPSA) is 139 Å². The summed E-state index contributed by atoms with van der Waals surface area (Å²) in [6.45, 7) is 0.260. The molecule has 0 radical (unpaired) electrons. The number of carbonyl (C=O) groups is 3. The number of carboxylic acid groups (broad SMARTS) is 1. The Morgan fingerprint density at radius 1 is 1.27 bits per heavy atom. The first kappa shape index (κ1) is 22.3. The summed E-state index contributed by atoms with van der Waals surface area (Å²) in [5.74, 6) is -0.364. The van der Waals surface area contributed by atoms with Crippen molar-refractivity contribution in [3.63, 3.8) is 0 Å². The summed E-state index contributed by atoms with van der Waals surface area (Å²) in [6, 6.07) is 11.0. The number of nitrogens with zero attached hydrogens (tertiary/aromatic N) is 2. The normalized spacial score (nSPS) is 20.1. The van der Waals surface area contributed by atoms with Gasteiger partial charge in [-0.2, -0.15) is 0 Å². The summed E-state index contributed by atoms with van der Waals surface area (Å²) in [4.78, 5) is 42.3. The van der Waals surface area contributed by atoms with E-state index in [1.807, 2.05) is 30.3 Å². The third-order valence-electron chi connectivity index (χ3n) is 5.54. The number of carbonyl (C=O) groups excluding carboxylic acids is 2. The molecule has 0 bridgehead atoms. The largest absolute Gasteiger partial charge is 0.480 e. The van der Waals surface area contributed by atoms with Gasteiger partial charge in [0.1, 0.15) is 18.5 Å². The third kappa shape index (κ3) is 5.14. The van der Waals surface area contributed by atoms with Crippen molar-refractivity contribution in [1.82, 2.24) is 10.3 Å². The number of hydrogen-bond donors (Lipinski definition) is 3. The number of likely N-dealkylation sites (N-methyl/N-ethyl adjacent to an activating group) is 1. The molecule has 3 atom stereocenters. The number of rotatable bonds is 7. The Kier molecular flexibility index (Phi) is 6.59. The molecule has 1 aromatic heterocycles. The molecule has 3 unspecified atom stereocenters. The van der Waals surface area contributed by atoms with Gasteiger partial charge in [0.2, 0.25) is 0 Å². The second kappa shape index (κ2) is 9.74. The second-order valence-corrected chi connectivity index (χ2v) is 7.76. The molecule has 33 heavy (non-hydrogen) atoms. The molecule has 2 aromatic rings. The maximum absolute atomic E-state index is 13.3. The lowest BCUT2D eigenvalue weighted by molar-refractivity contribution is -0.148. The van der Waals surface area contributed by atoms with E-state index in [0.29, 0.717) is 11.6 Å². The molecule has 2 amide bonds. The lowest BCUT2D eigenvalue weighted by Crippen LogP contribution is -2.53. The molecule has 4 rings (SSSR count). The van der Waals surface area contributed by atoms with Gasteiger partial charge < -0.3 is 34.9 Å². The molecule has 1 saturated heterocycles. The van der Waals surface area contributed by atoms with Gasteiger partial charge in [-0.25, -0.2) is 14.6 Å². The van der Waals surface area contributed by atoms with Gasteiger partial charge >= 0.3 is 12.1 Å². The number of hydrogen-bond acceptors (Lipinski definition) is 8. The van der Waals surface area contributed by atoms with E-state index in [0.717, 1.165) is 5.56 Å². The van der Waals surface area contributed by atoms with Crippen LogP contribution in [0.3, 0.4) is 0 Å². The fourth-order valence-electron chi connectivity index (χ4n) is 3.92. The molecule has 1 aromatic carbocycles. The molecule has 0 saturated carbocycles. The van der Waals surface area contributed by atoms with E-state index in [2.05, 4.69) is 15.6 Å². The Balaban J connectivity index is 1.60. The Labute approximate surface area is 189 Å². The van der Waals surface area contributed by atoms with Crippen LogP contribution in [0.2, 0.25) is 0 Å². The van der Waals surface area contributed by atoms with Gasteiger partial charge in [-0.3, -0.25) is 4.79 Å². The predicted octanol–water partition coefficient (Wildman–Crippen LogP) is 1.24. The molecule has 2 aliphatic heterocycles. The summed E-state index contributed by atoms with van der Waals surface area (Å²) in [5, 5.41) is 14.3. The smallest absolute Gasteiger partial charge is 0.404 e. The first-order valence-electron chi connectivity index (χ1n) is 10.4. The summed E-state index contributed by atoms with van der Waals surface area (Å²) in [5.41, 5.74) is 0.821. The van der Waals surface area contributed by atoms with Gasteiger partial charge in [0.05, 0.1) is 19.3 Å². The van der Waals surface area contributed by atoms with Crippen LogP contribution in [0.15, 0.2) is 42.5 Å². The van der Waals surface area contributed by atoms with Gasteiger partial charge in [-0.05, 0) is 17.7 Å². The average Bonchev–Trinajstić information content (AvgIpc) is 3.24. The highest BCUT2D eigenvalue weighted by Gasteiger charge is 2.43. The van der Waals surface area contributed by atoms with Gasteiger partial charge in [0, 0.05) is 13.0 Å². The van der Waals surface area contributed by atoms with Crippen LogP contribution in [0.1, 0.15) is 5.56 Å². The standard InChI is InChI=1S/C22H24N4O7/c1-26(17-8-7-16-20(24-17)25-18(27)12-32-16)19(14-10-31-11-15(14)23-22(29)30)21(28)33-9-13-5-3-2-4-6-13/h2-8,14-15,19,23H,9-12H2,1H3,(H,29,30)(H,24,25,27). The highest BCUT2D eigenvalue weighted by Crippen LogP contribution is 2.31. The Morgan fingerprint density at radius 3 is 2.82 bits per heavy atom. The van der Waals surface area contributed by atoms with Crippen LogP contribution >= 0.6 is 0 Å². The van der Waals surface area contributed by atoms with E-state index in [1.54, 1.807) is 24.1 Å². The van der Waals surface area contributed by atoms with Gasteiger partial charge in [-0.1, -0.05) is 30.3 Å². The van der Waals surface area contributed by atoms with Crippen LogP contribution in [0.4, 0.5) is 16.4 Å². The minimum absolute atomic E-state index is 0.0656. The first-order chi connectivity index (χ1) is 15.9. The number of fused-ring (bicyclic) bond motifs is 1. The highest BCUT2D eigenvalue weighted by atomic mass is 16.5. The number of nitrogens with one attached hydrogen (secondary N) is 2. The number of benzene rings is 1. The molecule has 3 heterocycles. The molecule has 3 N–H and O–H groups in total. The third-order valence-corrected chi connectivity index (χ3v) is 5.54. The van der Waals surface area contributed by atoms with E-state index < -0.39 is 30.1 Å². The van der Waals surface area contributed by atoms with Gasteiger partial charge in [0.15, 0.2) is 18.2 Å². The Morgan fingerprint density at radius 2 is 2.06 bits per heavy atom. The van der Waals surface area contributed by atoms with E-state index in [1.165, 1.54) is 0 Å². The van der Waals surface area contributed by atoms with Crippen LogP contribution in [0.25, 0.3) is 0 Å². The molecule has 2 aliphatic rings. The van der Waals surface area contributed by atoms with Crippen molar-refractivity contribution < 1.29 is 33.7 Å². The van der Waals surface area contributed by atoms with E-state index in [4.69, 9.17) is 14.2 Å². The van der Waals surface area contributed by atoms with Crippen LogP contribution in [-0.4, -0.2) is 67.0 Å². The quantitative estimate of drug-likeness (QED) is 0.525. The molecule has 11 nitrogen and oxygen atoms in total. The highest BCUT2D eigenvalue weighted by molar-refractivity contribution is 5.94. The zero-order valence-corrected chi connectivity index (χ0v) is 17.9. The van der Waals surface area contributed by atoms with Crippen molar-refractivity contribution in [1.29, 1.82) is 0 Å². The number of amides is 2. The SMILES string of the molecule is CN(c1ccc2c(n1)NC(=O)CO2)C(C(=O)OCc1ccccc1)C1COCC1NC(=O)O. The van der Waals surface area contributed by atoms with Crippen molar-refractivity contribution in [2.75, 3.05) is 37.1 Å². The maximum atomic E-state index is 13.3. The molecule has 0 spiro atoms. The summed E-state index contributed by atoms with van der Waals surface area (Å²) in [7, 11) is 1.66. The molecule has 1 fully saturated rings. The molecule has 0 aliphatic carbocycles. The van der Waals surface area contributed by atoms with Crippen molar-refractivity contribution in [2.24, 2.45) is 5.92 Å². The fourth-order valence-corrected chi connectivity index (χ4v) is 3.92. The number of esters is 1. The molecule has 11 heteroatoms. The Hall–Kier alpha value is -3.86. The predicted molar refractivity (Wildman–Crippen MR) is 116 cm³/mol. The lowest BCUT2D eigenvalue weighted by atomic mass is 9.93. The van der Waals surface area contributed by atoms with Crippen LogP contribution in [-0.2, 0) is 25.7 Å². The summed E-state index contributed by atoms with van der Waals surface area (Å²) < 4.78 is 16.4. The van der Waals surface area contributed by atoms with E-state index in [9.17, 15) is 19.5 Å². The zero-order valence-electron chi connectivity index (χ0n) is 17.9. The molecular weight excluding hydrogens is 432 g/mol. The zero-order chi connectivity index (χ0) is 23.4. The van der Waals surface area contributed by atoms with Crippen LogP contribution in [0, 0.1) is 5.92 Å². The fraction of sp³-hybridized carbons (Fsp3) is 0.364. The van der Waals surface area contributed by atoms with Gasteiger partial charge in [-0.15, -0.1) is 0 Å². The molecule has 174 valence electrons. The number of aromatic nitrogens is 1. The lowest BCUT2D eigenvalue weighted by Gasteiger charge is -2.34. The number of ether oxygens (including phenoxy) is 3. The summed E-state index contributed by atoms with van der Waals surface area (Å²) in [6.07, 6.45) is -1.21. The average molecular weight is 456 g/mol. The number of pyridine rings is 1. The van der Waals surface area contributed by atoms with Crippen molar-refractivity contribution in [3.05, 3.63) is 48.0 Å². The first-order valence-corrected chi connectivity index (χ1v) is 10.4. The Bertz CT molecular complexity index is 1030. The summed E-state index contributed by atoms with van der Waals surface area (Å²) >= 11 is 0. The molecular formula is C22H24N4O7. The minimum Gasteiger partial charge on any atom is -0.480 e.